The molecule has 0 saturated carbocycles. The highest BCUT2D eigenvalue weighted by Gasteiger charge is 2.21. The largest absolute Gasteiger partial charge is 0.456 e. The Hall–Kier alpha value is -3.05. The summed E-state index contributed by atoms with van der Waals surface area (Å²) in [7, 11) is 0. The van der Waals surface area contributed by atoms with E-state index < -0.39 is 28.9 Å². The third-order valence-electron chi connectivity index (χ3n) is 4.26. The van der Waals surface area contributed by atoms with Gasteiger partial charge in [-0.3, -0.25) is 9.13 Å². The molecule has 0 radical (unpaired) electrons. The van der Waals surface area contributed by atoms with Crippen LogP contribution in [0.4, 0.5) is 4.39 Å². The van der Waals surface area contributed by atoms with E-state index in [0.29, 0.717) is 10.3 Å². The molecule has 0 atom stereocenters. The standard InChI is InChI=1S/C20H22ClFN4O5S/c1-5-8-31-23-12(4)11-30-17(27)13-9-16(15(22)10-14(13)21)26-18(28)24(6-2)20(32)25(7-3)19(26)29/h5,9-10H,1,6-8,11H2,2-4H3. The Kier molecular flexibility index (Phi) is 8.67. The van der Waals surface area contributed by atoms with Crippen LogP contribution < -0.4 is 11.4 Å². The molecule has 2 rings (SSSR count). The lowest BCUT2D eigenvalue weighted by Gasteiger charge is -2.15. The first-order valence-electron chi connectivity index (χ1n) is 9.57. The molecule has 1 heterocycles. The van der Waals surface area contributed by atoms with Gasteiger partial charge in [-0.2, -0.15) is 0 Å². The monoisotopic (exact) mass is 484 g/mol. The maximum absolute atomic E-state index is 14.8. The molecule has 0 spiro atoms. The van der Waals surface area contributed by atoms with Crippen molar-refractivity contribution < 1.29 is 18.8 Å². The van der Waals surface area contributed by atoms with Crippen molar-refractivity contribution in [3.05, 3.63) is 66.9 Å². The Bertz CT molecular complexity index is 1210. The first kappa shape index (κ1) is 25.2. The number of halogens is 2. The fourth-order valence-corrected chi connectivity index (χ4v) is 3.36. The van der Waals surface area contributed by atoms with E-state index in [1.54, 1.807) is 20.8 Å². The molecule has 1 aromatic carbocycles. The van der Waals surface area contributed by atoms with Crippen LogP contribution in [0.2, 0.25) is 5.02 Å². The van der Waals surface area contributed by atoms with Gasteiger partial charge < -0.3 is 9.57 Å². The summed E-state index contributed by atoms with van der Waals surface area (Å²) in [6.45, 7) is 8.66. The Morgan fingerprint density at radius 1 is 1.25 bits per heavy atom. The maximum Gasteiger partial charge on any atom is 0.340 e. The van der Waals surface area contributed by atoms with Crippen molar-refractivity contribution in [3.63, 3.8) is 0 Å². The van der Waals surface area contributed by atoms with E-state index >= 15 is 0 Å². The topological polar surface area (TPSA) is 96.8 Å². The number of hydrogen-bond donors (Lipinski definition) is 0. The van der Waals surface area contributed by atoms with Gasteiger partial charge in [-0.25, -0.2) is 23.3 Å². The van der Waals surface area contributed by atoms with Gasteiger partial charge in [0.15, 0.2) is 4.77 Å². The van der Waals surface area contributed by atoms with Crippen molar-refractivity contribution >= 4 is 35.5 Å². The molecule has 0 aliphatic rings. The summed E-state index contributed by atoms with van der Waals surface area (Å²) in [6.07, 6.45) is 1.50. The molecular formula is C20H22ClFN4O5S. The number of oxime groups is 1. The zero-order chi connectivity index (χ0) is 24.0. The molecule has 0 fully saturated rings. The van der Waals surface area contributed by atoms with Crippen molar-refractivity contribution in [2.45, 2.75) is 33.9 Å². The van der Waals surface area contributed by atoms with Crippen LogP contribution in [0.3, 0.4) is 0 Å². The van der Waals surface area contributed by atoms with Gasteiger partial charge in [0.2, 0.25) is 0 Å². The summed E-state index contributed by atoms with van der Waals surface area (Å²) in [6, 6.07) is 1.83. The molecule has 0 saturated heterocycles. The van der Waals surface area contributed by atoms with E-state index in [9.17, 15) is 18.8 Å². The fraction of sp³-hybridized carbons (Fsp3) is 0.350. The van der Waals surface area contributed by atoms with Crippen LogP contribution in [0.5, 0.6) is 0 Å². The Morgan fingerprint density at radius 2 is 1.84 bits per heavy atom. The second kappa shape index (κ2) is 11.0. The summed E-state index contributed by atoms with van der Waals surface area (Å²) in [5.74, 6) is -1.87. The fourth-order valence-electron chi connectivity index (χ4n) is 2.72. The van der Waals surface area contributed by atoms with Gasteiger partial charge in [-0.15, -0.1) is 0 Å². The maximum atomic E-state index is 14.8. The Balaban J connectivity index is 2.55. The van der Waals surface area contributed by atoms with Crippen molar-refractivity contribution in [1.29, 1.82) is 0 Å². The van der Waals surface area contributed by atoms with Crippen molar-refractivity contribution in [1.82, 2.24) is 13.7 Å². The third kappa shape index (κ3) is 5.22. The second-order valence-electron chi connectivity index (χ2n) is 6.44. The van der Waals surface area contributed by atoms with E-state index in [0.717, 1.165) is 21.3 Å². The molecule has 12 heteroatoms. The van der Waals surface area contributed by atoms with Crippen molar-refractivity contribution in [2.75, 3.05) is 13.2 Å². The lowest BCUT2D eigenvalue weighted by molar-refractivity contribution is 0.0558. The summed E-state index contributed by atoms with van der Waals surface area (Å²) in [5, 5.41) is 3.47. The first-order valence-corrected chi connectivity index (χ1v) is 10.4. The van der Waals surface area contributed by atoms with Gasteiger partial charge in [0, 0.05) is 13.1 Å². The minimum absolute atomic E-state index is 0.0173. The quantitative estimate of drug-likeness (QED) is 0.135. The highest BCUT2D eigenvalue weighted by Crippen LogP contribution is 2.23. The van der Waals surface area contributed by atoms with Gasteiger partial charge in [0.05, 0.1) is 22.0 Å². The van der Waals surface area contributed by atoms with Crippen LogP contribution in [0.25, 0.3) is 5.69 Å². The van der Waals surface area contributed by atoms with Crippen LogP contribution in [0.1, 0.15) is 31.1 Å². The lowest BCUT2D eigenvalue weighted by atomic mass is 10.2. The highest BCUT2D eigenvalue weighted by molar-refractivity contribution is 7.71. The summed E-state index contributed by atoms with van der Waals surface area (Å²) >= 11 is 11.2. The number of hydrogen-bond acceptors (Lipinski definition) is 7. The van der Waals surface area contributed by atoms with E-state index in [-0.39, 0.29) is 41.7 Å². The molecule has 9 nitrogen and oxygen atoms in total. The Morgan fingerprint density at radius 3 is 2.38 bits per heavy atom. The molecule has 0 N–H and O–H groups in total. The minimum Gasteiger partial charge on any atom is -0.456 e. The molecule has 2 aromatic rings. The molecule has 0 aliphatic carbocycles. The predicted octanol–water partition coefficient (Wildman–Crippen LogP) is 3.10. The SMILES string of the molecule is C=CCON=C(C)COC(=O)c1cc(-n2c(=O)n(CC)c(=S)n(CC)c2=O)c(F)cc1Cl. The van der Waals surface area contributed by atoms with Gasteiger partial charge in [-0.05, 0) is 45.1 Å². The highest BCUT2D eigenvalue weighted by atomic mass is 35.5. The van der Waals surface area contributed by atoms with Gasteiger partial charge in [-0.1, -0.05) is 29.4 Å². The molecule has 32 heavy (non-hydrogen) atoms. The average molecular weight is 485 g/mol. The molecule has 0 amide bonds. The predicted molar refractivity (Wildman–Crippen MR) is 121 cm³/mol. The normalized spacial score (nSPS) is 11.3. The smallest absolute Gasteiger partial charge is 0.340 e. The van der Waals surface area contributed by atoms with E-state index in [1.807, 2.05) is 0 Å². The van der Waals surface area contributed by atoms with Crippen LogP contribution in [0, 0.1) is 10.6 Å². The molecule has 1 aromatic heterocycles. The van der Waals surface area contributed by atoms with E-state index in [4.69, 9.17) is 33.4 Å². The number of benzene rings is 1. The molecule has 0 aliphatic heterocycles. The zero-order valence-electron chi connectivity index (χ0n) is 17.8. The van der Waals surface area contributed by atoms with Crippen molar-refractivity contribution in [3.8, 4) is 5.69 Å². The molecule has 0 unspecified atom stereocenters. The van der Waals surface area contributed by atoms with Crippen molar-refractivity contribution in [2.24, 2.45) is 5.16 Å². The number of carbonyl (C=O) groups is 1. The molecular weight excluding hydrogens is 463 g/mol. The van der Waals surface area contributed by atoms with Gasteiger partial charge in [0.1, 0.15) is 19.0 Å². The van der Waals surface area contributed by atoms with Crippen LogP contribution in [-0.2, 0) is 22.7 Å². The van der Waals surface area contributed by atoms with Gasteiger partial charge in [0.25, 0.3) is 0 Å². The second-order valence-corrected chi connectivity index (χ2v) is 7.21. The zero-order valence-corrected chi connectivity index (χ0v) is 19.3. The number of carbonyl (C=O) groups excluding carboxylic acids is 1. The number of ether oxygens (including phenoxy) is 1. The molecule has 172 valence electrons. The van der Waals surface area contributed by atoms with Gasteiger partial charge >= 0.3 is 17.3 Å². The number of rotatable bonds is 9. The van der Waals surface area contributed by atoms with Crippen LogP contribution in [0.15, 0.2) is 39.5 Å². The van der Waals surface area contributed by atoms with E-state index in [2.05, 4.69) is 11.7 Å². The minimum atomic E-state index is -0.969. The summed E-state index contributed by atoms with van der Waals surface area (Å²) < 4.78 is 22.8. The lowest BCUT2D eigenvalue weighted by Crippen LogP contribution is -2.45. The number of esters is 1. The number of aromatic nitrogens is 3. The summed E-state index contributed by atoms with van der Waals surface area (Å²) in [5.41, 5.74) is -2.01. The average Bonchev–Trinajstić information content (AvgIpc) is 2.74. The summed E-state index contributed by atoms with van der Waals surface area (Å²) in [4.78, 5) is 43.2. The number of nitrogens with zero attached hydrogens (tertiary/aromatic N) is 4. The van der Waals surface area contributed by atoms with Crippen LogP contribution in [-0.4, -0.2) is 38.6 Å². The van der Waals surface area contributed by atoms with E-state index in [1.165, 1.54) is 6.08 Å². The first-order chi connectivity index (χ1) is 15.2. The van der Waals surface area contributed by atoms with Crippen LogP contribution >= 0.6 is 23.8 Å². The third-order valence-corrected chi connectivity index (χ3v) is 5.01. The molecule has 0 bridgehead atoms. The Labute approximate surface area is 192 Å².